The highest BCUT2D eigenvalue weighted by molar-refractivity contribution is 6.08. The molecule has 0 bridgehead atoms. The normalized spacial score (nSPS) is 17.6. The van der Waals surface area contributed by atoms with Gasteiger partial charge in [0.25, 0.3) is 0 Å². The lowest BCUT2D eigenvalue weighted by molar-refractivity contribution is -0.111. The van der Waals surface area contributed by atoms with Gasteiger partial charge in [0.15, 0.2) is 0 Å². The van der Waals surface area contributed by atoms with Gasteiger partial charge in [-0.05, 0) is 57.1 Å². The van der Waals surface area contributed by atoms with Gasteiger partial charge in [0.05, 0.1) is 16.8 Å². The van der Waals surface area contributed by atoms with E-state index < -0.39 is 0 Å². The van der Waals surface area contributed by atoms with E-state index in [2.05, 4.69) is 63.2 Å². The van der Waals surface area contributed by atoms with Crippen LogP contribution in [0.2, 0.25) is 0 Å². The van der Waals surface area contributed by atoms with Gasteiger partial charge in [-0.2, -0.15) is 0 Å². The number of nitrogens with zero attached hydrogens (tertiary/aromatic N) is 4. The second-order valence-corrected chi connectivity index (χ2v) is 11.0. The summed E-state index contributed by atoms with van der Waals surface area (Å²) in [4.78, 5) is 26.4. The standard InChI is InChI=1S/C32H36N6O2/c1-4-27(39)36-25-18-22(14-15-26(25)38-17-16-24(19-38)37(2)3)28-29-31(35-23-12-8-9-13-23)33-20-34-32(29)40-30(28)21-10-6-5-7-11-21/h4-7,10-11,14-15,18,20,23-24H,1,8-9,12-13,16-17,19H2,2-3H3,(H,36,39)(H,33,34,35)/t24-/m1/s1. The number of amides is 1. The van der Waals surface area contributed by atoms with Crippen LogP contribution in [-0.2, 0) is 4.79 Å². The van der Waals surface area contributed by atoms with E-state index in [1.165, 1.54) is 18.9 Å². The average Bonchev–Trinajstić information content (AvgIpc) is 3.74. The molecule has 3 heterocycles. The van der Waals surface area contributed by atoms with Crippen LogP contribution in [-0.4, -0.2) is 60.0 Å². The predicted molar refractivity (Wildman–Crippen MR) is 162 cm³/mol. The molecule has 2 fully saturated rings. The quantitative estimate of drug-likeness (QED) is 0.260. The Morgan fingerprint density at radius 2 is 1.88 bits per heavy atom. The lowest BCUT2D eigenvalue weighted by Gasteiger charge is -2.24. The molecule has 4 aromatic rings. The summed E-state index contributed by atoms with van der Waals surface area (Å²) < 4.78 is 6.45. The van der Waals surface area contributed by atoms with Crippen molar-refractivity contribution in [3.8, 4) is 22.5 Å². The summed E-state index contributed by atoms with van der Waals surface area (Å²) >= 11 is 0. The Bertz CT molecular complexity index is 1520. The minimum absolute atomic E-state index is 0.242. The van der Waals surface area contributed by atoms with E-state index in [4.69, 9.17) is 4.42 Å². The van der Waals surface area contributed by atoms with Crippen molar-refractivity contribution in [3.63, 3.8) is 0 Å². The largest absolute Gasteiger partial charge is 0.437 e. The van der Waals surface area contributed by atoms with Crippen LogP contribution < -0.4 is 15.5 Å². The number of benzene rings is 2. The van der Waals surface area contributed by atoms with Gasteiger partial charge in [-0.3, -0.25) is 4.79 Å². The molecule has 1 saturated carbocycles. The van der Waals surface area contributed by atoms with Crippen molar-refractivity contribution in [1.82, 2.24) is 14.9 Å². The van der Waals surface area contributed by atoms with Crippen molar-refractivity contribution in [1.29, 1.82) is 0 Å². The summed E-state index contributed by atoms with van der Waals surface area (Å²) in [6.07, 6.45) is 8.64. The van der Waals surface area contributed by atoms with E-state index in [1.54, 1.807) is 6.33 Å². The summed E-state index contributed by atoms with van der Waals surface area (Å²) in [5.74, 6) is 1.27. The molecule has 1 aliphatic heterocycles. The van der Waals surface area contributed by atoms with Gasteiger partial charge in [0, 0.05) is 36.3 Å². The Kier molecular flexibility index (Phi) is 7.26. The number of hydrogen-bond donors (Lipinski definition) is 2. The summed E-state index contributed by atoms with van der Waals surface area (Å²) in [6.45, 7) is 5.50. The Morgan fingerprint density at radius 1 is 1.07 bits per heavy atom. The van der Waals surface area contributed by atoms with E-state index >= 15 is 0 Å². The summed E-state index contributed by atoms with van der Waals surface area (Å²) in [6, 6.07) is 17.2. The molecular weight excluding hydrogens is 500 g/mol. The molecule has 0 radical (unpaired) electrons. The minimum Gasteiger partial charge on any atom is -0.437 e. The summed E-state index contributed by atoms with van der Waals surface area (Å²) in [5.41, 5.74) is 5.08. The molecule has 0 unspecified atom stereocenters. The van der Waals surface area contributed by atoms with E-state index in [1.807, 2.05) is 36.4 Å². The zero-order valence-electron chi connectivity index (χ0n) is 23.2. The molecule has 1 amide bonds. The Balaban J connectivity index is 1.51. The van der Waals surface area contributed by atoms with Gasteiger partial charge in [-0.15, -0.1) is 0 Å². The van der Waals surface area contributed by atoms with E-state index in [9.17, 15) is 4.79 Å². The molecule has 206 valence electrons. The van der Waals surface area contributed by atoms with Gasteiger partial charge < -0.3 is 24.9 Å². The number of likely N-dealkylation sites (N-methyl/N-ethyl adjacent to an activating group) is 1. The topological polar surface area (TPSA) is 86.5 Å². The number of fused-ring (bicyclic) bond motifs is 1. The number of furan rings is 1. The number of anilines is 3. The SMILES string of the molecule is C=CC(=O)Nc1cc(-c2c(-c3ccccc3)oc3ncnc(NC4CCCC4)c23)ccc1N1CC[C@@H](N(C)C)C1. The first kappa shape index (κ1) is 26.1. The fourth-order valence-corrected chi connectivity index (χ4v) is 6.01. The predicted octanol–water partition coefficient (Wildman–Crippen LogP) is 6.18. The zero-order chi connectivity index (χ0) is 27.6. The van der Waals surface area contributed by atoms with Crippen LogP contribution in [0.4, 0.5) is 17.2 Å². The Morgan fingerprint density at radius 3 is 2.60 bits per heavy atom. The van der Waals surface area contributed by atoms with Crippen LogP contribution >= 0.6 is 0 Å². The van der Waals surface area contributed by atoms with Crippen LogP contribution in [0.5, 0.6) is 0 Å². The van der Waals surface area contributed by atoms with Crippen molar-refractivity contribution in [2.45, 2.75) is 44.2 Å². The van der Waals surface area contributed by atoms with Gasteiger partial charge in [0.2, 0.25) is 11.6 Å². The number of hydrogen-bond acceptors (Lipinski definition) is 7. The van der Waals surface area contributed by atoms with Gasteiger partial charge in [-0.25, -0.2) is 9.97 Å². The summed E-state index contributed by atoms with van der Waals surface area (Å²) in [7, 11) is 4.23. The fourth-order valence-electron chi connectivity index (χ4n) is 6.01. The molecule has 8 nitrogen and oxygen atoms in total. The lowest BCUT2D eigenvalue weighted by Crippen LogP contribution is -2.31. The molecule has 40 heavy (non-hydrogen) atoms. The maximum atomic E-state index is 12.6. The number of rotatable bonds is 8. The molecular formula is C32H36N6O2. The maximum absolute atomic E-state index is 12.6. The smallest absolute Gasteiger partial charge is 0.247 e. The molecule has 2 aliphatic rings. The highest BCUT2D eigenvalue weighted by atomic mass is 16.3. The second-order valence-electron chi connectivity index (χ2n) is 11.0. The van der Waals surface area contributed by atoms with Crippen molar-refractivity contribution < 1.29 is 9.21 Å². The van der Waals surface area contributed by atoms with Crippen molar-refractivity contribution in [2.75, 3.05) is 42.7 Å². The van der Waals surface area contributed by atoms with Crippen LogP contribution in [0.1, 0.15) is 32.1 Å². The monoisotopic (exact) mass is 536 g/mol. The molecule has 2 N–H and O–H groups in total. The first-order valence-corrected chi connectivity index (χ1v) is 14.1. The van der Waals surface area contributed by atoms with Crippen molar-refractivity contribution in [3.05, 3.63) is 67.5 Å². The van der Waals surface area contributed by atoms with Crippen LogP contribution in [0.3, 0.4) is 0 Å². The van der Waals surface area contributed by atoms with Crippen LogP contribution in [0.15, 0.2) is 71.9 Å². The highest BCUT2D eigenvalue weighted by Gasteiger charge is 2.28. The molecule has 1 saturated heterocycles. The fraction of sp³-hybridized carbons (Fsp3) is 0.344. The van der Waals surface area contributed by atoms with E-state index in [-0.39, 0.29) is 5.91 Å². The first-order chi connectivity index (χ1) is 19.5. The molecule has 2 aromatic carbocycles. The third-order valence-electron chi connectivity index (χ3n) is 8.18. The number of carbonyl (C=O) groups is 1. The highest BCUT2D eigenvalue weighted by Crippen LogP contribution is 2.45. The third-order valence-corrected chi connectivity index (χ3v) is 8.18. The average molecular weight is 537 g/mol. The molecule has 1 atom stereocenters. The molecule has 2 aromatic heterocycles. The summed E-state index contributed by atoms with van der Waals surface area (Å²) in [5, 5.41) is 7.61. The van der Waals surface area contributed by atoms with Crippen molar-refractivity contribution in [2.24, 2.45) is 0 Å². The van der Waals surface area contributed by atoms with Crippen LogP contribution in [0, 0.1) is 0 Å². The lowest BCUT2D eigenvalue weighted by atomic mass is 9.98. The zero-order valence-corrected chi connectivity index (χ0v) is 23.2. The minimum atomic E-state index is -0.242. The molecule has 6 rings (SSSR count). The Hall–Kier alpha value is -4.17. The number of carbonyl (C=O) groups excluding carboxylic acids is 1. The van der Waals surface area contributed by atoms with Gasteiger partial charge in [0.1, 0.15) is 17.9 Å². The van der Waals surface area contributed by atoms with Crippen LogP contribution in [0.25, 0.3) is 33.6 Å². The van der Waals surface area contributed by atoms with Crippen molar-refractivity contribution >= 4 is 34.2 Å². The molecule has 0 spiro atoms. The molecule has 8 heteroatoms. The van der Waals surface area contributed by atoms with E-state index in [0.717, 1.165) is 77.4 Å². The van der Waals surface area contributed by atoms with Gasteiger partial charge >= 0.3 is 0 Å². The number of nitrogens with one attached hydrogen (secondary N) is 2. The second kappa shape index (κ2) is 11.1. The first-order valence-electron chi connectivity index (χ1n) is 14.1. The molecule has 1 aliphatic carbocycles. The van der Waals surface area contributed by atoms with E-state index in [0.29, 0.717) is 17.8 Å². The van der Waals surface area contributed by atoms with Gasteiger partial charge in [-0.1, -0.05) is 55.8 Å². The number of aromatic nitrogens is 2. The third kappa shape index (κ3) is 5.07. The maximum Gasteiger partial charge on any atom is 0.247 e. The Labute approximate surface area is 235 Å².